The molecule has 1 amide bonds. The molecule has 0 atom stereocenters. The van der Waals surface area contributed by atoms with Gasteiger partial charge in [0.05, 0.1) is 0 Å². The predicted molar refractivity (Wildman–Crippen MR) is 102 cm³/mol. The third kappa shape index (κ3) is 3.32. The van der Waals surface area contributed by atoms with Gasteiger partial charge < -0.3 is 14.2 Å². The summed E-state index contributed by atoms with van der Waals surface area (Å²) in [5.41, 5.74) is 1.52. The molecule has 4 aromatic rings. The number of furan rings is 1. The van der Waals surface area contributed by atoms with E-state index in [4.69, 9.17) is 8.83 Å². The van der Waals surface area contributed by atoms with Gasteiger partial charge >= 0.3 is 5.63 Å². The van der Waals surface area contributed by atoms with E-state index in [0.717, 1.165) is 15.4 Å². The first-order valence-electron chi connectivity index (χ1n) is 7.79. The van der Waals surface area contributed by atoms with Gasteiger partial charge in [-0.25, -0.2) is 4.79 Å². The van der Waals surface area contributed by atoms with Crippen molar-refractivity contribution >= 4 is 38.5 Å². The van der Waals surface area contributed by atoms with Crippen LogP contribution in [0.2, 0.25) is 0 Å². The van der Waals surface area contributed by atoms with Crippen molar-refractivity contribution in [3.8, 4) is 11.3 Å². The largest absolute Gasteiger partial charge is 0.451 e. The number of hydrogen-bond acceptors (Lipinski definition) is 4. The Morgan fingerprint density at radius 3 is 2.50 bits per heavy atom. The van der Waals surface area contributed by atoms with Gasteiger partial charge in [0.15, 0.2) is 5.76 Å². The fourth-order valence-electron chi connectivity index (χ4n) is 2.57. The van der Waals surface area contributed by atoms with E-state index < -0.39 is 5.63 Å². The average Bonchev–Trinajstić information content (AvgIpc) is 3.13. The predicted octanol–water partition coefficient (Wildman–Crippen LogP) is 5.07. The monoisotopic (exact) mass is 409 g/mol. The molecule has 0 aliphatic carbocycles. The van der Waals surface area contributed by atoms with E-state index in [1.807, 2.05) is 24.3 Å². The number of halogens is 1. The summed E-state index contributed by atoms with van der Waals surface area (Å²) in [5, 5.41) is 3.50. The fourth-order valence-corrected chi connectivity index (χ4v) is 2.84. The summed E-state index contributed by atoms with van der Waals surface area (Å²) in [6.45, 7) is 0. The maximum absolute atomic E-state index is 12.4. The Morgan fingerprint density at radius 2 is 1.69 bits per heavy atom. The lowest BCUT2D eigenvalue weighted by atomic mass is 10.2. The van der Waals surface area contributed by atoms with Crippen LogP contribution in [0.15, 0.2) is 84.8 Å². The van der Waals surface area contributed by atoms with Gasteiger partial charge in [-0.05, 0) is 48.5 Å². The highest BCUT2D eigenvalue weighted by Gasteiger charge is 2.13. The van der Waals surface area contributed by atoms with E-state index >= 15 is 0 Å². The molecule has 128 valence electrons. The SMILES string of the molecule is O=C(Nc1ccc2oc(=O)ccc2c1)c1ccc(-c2ccc(Br)cc2)o1. The van der Waals surface area contributed by atoms with E-state index in [9.17, 15) is 9.59 Å². The van der Waals surface area contributed by atoms with Crippen molar-refractivity contribution in [3.05, 3.63) is 87.4 Å². The van der Waals surface area contributed by atoms with E-state index in [1.165, 1.54) is 6.07 Å². The molecule has 4 rings (SSSR count). The third-order valence-electron chi connectivity index (χ3n) is 3.84. The second-order valence-corrected chi connectivity index (χ2v) is 6.55. The van der Waals surface area contributed by atoms with Crippen LogP contribution in [0.25, 0.3) is 22.3 Å². The van der Waals surface area contributed by atoms with Crippen molar-refractivity contribution in [3.63, 3.8) is 0 Å². The first kappa shape index (κ1) is 16.4. The van der Waals surface area contributed by atoms with Crippen LogP contribution in [0.4, 0.5) is 5.69 Å². The Morgan fingerprint density at radius 1 is 0.885 bits per heavy atom. The second kappa shape index (κ2) is 6.65. The van der Waals surface area contributed by atoms with Crippen molar-refractivity contribution in [2.75, 3.05) is 5.32 Å². The van der Waals surface area contributed by atoms with E-state index in [1.54, 1.807) is 36.4 Å². The summed E-state index contributed by atoms with van der Waals surface area (Å²) in [7, 11) is 0. The summed E-state index contributed by atoms with van der Waals surface area (Å²) < 4.78 is 11.7. The molecule has 2 aromatic heterocycles. The van der Waals surface area contributed by atoms with Crippen LogP contribution in [0.5, 0.6) is 0 Å². The number of carbonyl (C=O) groups is 1. The minimum Gasteiger partial charge on any atom is -0.451 e. The molecule has 0 unspecified atom stereocenters. The lowest BCUT2D eigenvalue weighted by Gasteiger charge is -2.04. The molecule has 0 radical (unpaired) electrons. The van der Waals surface area contributed by atoms with Gasteiger partial charge in [-0.2, -0.15) is 0 Å². The Bertz CT molecular complexity index is 1160. The van der Waals surface area contributed by atoms with Gasteiger partial charge in [-0.15, -0.1) is 0 Å². The van der Waals surface area contributed by atoms with Crippen molar-refractivity contribution in [1.29, 1.82) is 0 Å². The van der Waals surface area contributed by atoms with Crippen molar-refractivity contribution in [2.24, 2.45) is 0 Å². The molecule has 0 saturated heterocycles. The molecule has 0 bridgehead atoms. The van der Waals surface area contributed by atoms with Gasteiger partial charge in [0.1, 0.15) is 11.3 Å². The second-order valence-electron chi connectivity index (χ2n) is 5.63. The van der Waals surface area contributed by atoms with Crippen LogP contribution in [0.3, 0.4) is 0 Å². The first-order chi connectivity index (χ1) is 12.6. The summed E-state index contributed by atoms with van der Waals surface area (Å²) in [5.74, 6) is 0.468. The first-order valence-corrected chi connectivity index (χ1v) is 8.59. The summed E-state index contributed by atoms with van der Waals surface area (Å²) in [4.78, 5) is 23.6. The maximum atomic E-state index is 12.4. The average molecular weight is 410 g/mol. The number of fused-ring (bicyclic) bond motifs is 1. The van der Waals surface area contributed by atoms with E-state index in [0.29, 0.717) is 17.0 Å². The Labute approximate surface area is 156 Å². The highest BCUT2D eigenvalue weighted by molar-refractivity contribution is 9.10. The number of anilines is 1. The third-order valence-corrected chi connectivity index (χ3v) is 4.36. The van der Waals surface area contributed by atoms with Crippen LogP contribution in [0.1, 0.15) is 10.6 Å². The summed E-state index contributed by atoms with van der Waals surface area (Å²) in [6.07, 6.45) is 0. The van der Waals surface area contributed by atoms with E-state index in [2.05, 4.69) is 21.2 Å². The number of carbonyl (C=O) groups excluding carboxylic acids is 1. The highest BCUT2D eigenvalue weighted by Crippen LogP contribution is 2.25. The Hall–Kier alpha value is -3.12. The zero-order valence-corrected chi connectivity index (χ0v) is 14.9. The van der Waals surface area contributed by atoms with Gasteiger partial charge in [0.25, 0.3) is 5.91 Å². The molecule has 0 spiro atoms. The van der Waals surface area contributed by atoms with Crippen molar-refractivity contribution in [2.45, 2.75) is 0 Å². The zero-order valence-electron chi connectivity index (χ0n) is 13.4. The lowest BCUT2D eigenvalue weighted by molar-refractivity contribution is 0.0997. The lowest BCUT2D eigenvalue weighted by Crippen LogP contribution is -2.10. The van der Waals surface area contributed by atoms with Gasteiger partial charge in [-0.3, -0.25) is 4.79 Å². The van der Waals surface area contributed by atoms with E-state index in [-0.39, 0.29) is 11.7 Å². The minimum absolute atomic E-state index is 0.211. The molecule has 2 aromatic carbocycles. The summed E-state index contributed by atoms with van der Waals surface area (Å²) in [6, 6.07) is 19.0. The topological polar surface area (TPSA) is 72.5 Å². The highest BCUT2D eigenvalue weighted by atomic mass is 79.9. The molecular weight excluding hydrogens is 398 g/mol. The molecule has 26 heavy (non-hydrogen) atoms. The molecular formula is C20H12BrNO4. The standard InChI is InChI=1S/C20H12BrNO4/c21-14-4-1-12(2-5-14)16-8-9-18(25-16)20(24)22-15-6-7-17-13(11-15)3-10-19(23)26-17/h1-11H,(H,22,24). The molecule has 5 nitrogen and oxygen atoms in total. The van der Waals surface area contributed by atoms with Crippen molar-refractivity contribution in [1.82, 2.24) is 0 Å². The number of rotatable bonds is 3. The molecule has 0 fully saturated rings. The Balaban J connectivity index is 1.56. The van der Waals surface area contributed by atoms with Gasteiger partial charge in [0.2, 0.25) is 0 Å². The van der Waals surface area contributed by atoms with Crippen LogP contribution in [-0.4, -0.2) is 5.91 Å². The smallest absolute Gasteiger partial charge is 0.336 e. The molecule has 0 aliphatic rings. The number of amides is 1. The van der Waals surface area contributed by atoms with Crippen LogP contribution in [0, 0.1) is 0 Å². The molecule has 6 heteroatoms. The number of hydrogen-bond donors (Lipinski definition) is 1. The molecule has 0 saturated carbocycles. The normalized spacial score (nSPS) is 10.8. The molecule has 0 aliphatic heterocycles. The van der Waals surface area contributed by atoms with Crippen LogP contribution in [-0.2, 0) is 0 Å². The van der Waals surface area contributed by atoms with Crippen LogP contribution >= 0.6 is 15.9 Å². The quantitative estimate of drug-likeness (QED) is 0.479. The minimum atomic E-state index is -0.412. The fraction of sp³-hybridized carbons (Fsp3) is 0. The Kier molecular flexibility index (Phi) is 4.18. The van der Waals surface area contributed by atoms with Crippen molar-refractivity contribution < 1.29 is 13.6 Å². The van der Waals surface area contributed by atoms with Crippen LogP contribution < -0.4 is 10.9 Å². The van der Waals surface area contributed by atoms with Gasteiger partial charge in [-0.1, -0.05) is 28.1 Å². The number of nitrogens with one attached hydrogen (secondary N) is 1. The summed E-state index contributed by atoms with van der Waals surface area (Å²) >= 11 is 3.39. The van der Waals surface area contributed by atoms with Gasteiger partial charge in [0, 0.05) is 27.2 Å². The maximum Gasteiger partial charge on any atom is 0.336 e. The number of benzene rings is 2. The zero-order chi connectivity index (χ0) is 18.1. The molecule has 1 N–H and O–H groups in total. The molecule has 2 heterocycles.